The number of aryl methyl sites for hydroxylation is 1. The van der Waals surface area contributed by atoms with E-state index in [1.807, 2.05) is 23.9 Å². The van der Waals surface area contributed by atoms with E-state index in [4.69, 9.17) is 10.2 Å². The molecule has 108 valence electrons. The molecule has 3 nitrogen and oxygen atoms in total. The zero-order chi connectivity index (χ0) is 14.1. The van der Waals surface area contributed by atoms with Gasteiger partial charge in [0, 0.05) is 41.6 Å². The van der Waals surface area contributed by atoms with Crippen LogP contribution >= 0.6 is 11.8 Å². The monoisotopic (exact) mass is 290 g/mol. The largest absolute Gasteiger partial charge is 0.461 e. The van der Waals surface area contributed by atoms with E-state index in [0.29, 0.717) is 12.6 Å². The van der Waals surface area contributed by atoms with Crippen molar-refractivity contribution in [2.24, 2.45) is 5.73 Å². The van der Waals surface area contributed by atoms with Crippen LogP contribution < -0.4 is 5.73 Å². The van der Waals surface area contributed by atoms with Crippen molar-refractivity contribution in [3.63, 3.8) is 0 Å². The average Bonchev–Trinajstić information content (AvgIpc) is 2.78. The lowest BCUT2D eigenvalue weighted by atomic mass is 10.00. The summed E-state index contributed by atoms with van der Waals surface area (Å²) in [5.74, 6) is 3.38. The summed E-state index contributed by atoms with van der Waals surface area (Å²) in [5.41, 5.74) is 8.38. The van der Waals surface area contributed by atoms with Crippen molar-refractivity contribution in [2.75, 3.05) is 24.6 Å². The fraction of sp³-hybridized carbons (Fsp3) is 0.500. The fourth-order valence-corrected chi connectivity index (χ4v) is 4.26. The molecule has 0 saturated carbocycles. The third-order valence-corrected chi connectivity index (χ3v) is 5.38. The molecule has 0 spiro atoms. The number of furan rings is 1. The van der Waals surface area contributed by atoms with Gasteiger partial charge < -0.3 is 10.2 Å². The minimum atomic E-state index is 0.259. The lowest BCUT2D eigenvalue weighted by Gasteiger charge is -2.39. The van der Waals surface area contributed by atoms with Crippen molar-refractivity contribution in [1.82, 2.24) is 4.90 Å². The minimum Gasteiger partial charge on any atom is -0.461 e. The molecule has 0 radical (unpaired) electrons. The van der Waals surface area contributed by atoms with Gasteiger partial charge in [-0.05, 0) is 19.9 Å². The summed E-state index contributed by atoms with van der Waals surface area (Å²) in [7, 11) is 0. The molecule has 3 rings (SSSR count). The van der Waals surface area contributed by atoms with Gasteiger partial charge in [0.2, 0.25) is 0 Å². The zero-order valence-electron chi connectivity index (χ0n) is 12.1. The predicted octanol–water partition coefficient (Wildman–Crippen LogP) is 3.18. The first-order valence-corrected chi connectivity index (χ1v) is 8.39. The van der Waals surface area contributed by atoms with Crippen LogP contribution in [0.5, 0.6) is 0 Å². The Bertz CT molecular complexity index is 595. The molecule has 2 N–H and O–H groups in total. The van der Waals surface area contributed by atoms with E-state index in [9.17, 15) is 0 Å². The summed E-state index contributed by atoms with van der Waals surface area (Å²) in [4.78, 5) is 2.54. The number of rotatable bonds is 3. The molecule has 0 amide bonds. The summed E-state index contributed by atoms with van der Waals surface area (Å²) in [5, 5.41) is 1.21. The maximum atomic E-state index is 6.13. The standard InChI is InChI=1S/C16H22N2OS/c1-11-10-20-8-7-18(11)14(9-17)16-12(2)19-15-6-4-3-5-13(15)16/h3-6,11,14H,7-10,17H2,1-2H3. The SMILES string of the molecule is Cc1oc2ccccc2c1C(CN)N1CCSCC1C. The summed E-state index contributed by atoms with van der Waals surface area (Å²) in [6, 6.07) is 9.10. The van der Waals surface area contributed by atoms with Gasteiger partial charge in [-0.2, -0.15) is 11.8 Å². The molecule has 2 heterocycles. The minimum absolute atomic E-state index is 0.259. The average molecular weight is 290 g/mol. The van der Waals surface area contributed by atoms with E-state index in [1.165, 1.54) is 22.5 Å². The lowest BCUT2D eigenvalue weighted by Crippen LogP contribution is -2.45. The Hall–Kier alpha value is -0.970. The van der Waals surface area contributed by atoms with E-state index in [2.05, 4.69) is 30.9 Å². The van der Waals surface area contributed by atoms with Crippen LogP contribution in [0.25, 0.3) is 11.0 Å². The summed E-state index contributed by atoms with van der Waals surface area (Å²) >= 11 is 2.03. The predicted molar refractivity (Wildman–Crippen MR) is 86.2 cm³/mol. The maximum Gasteiger partial charge on any atom is 0.134 e. The molecule has 0 aliphatic carbocycles. The first kappa shape index (κ1) is 14.0. The molecule has 1 aromatic carbocycles. The van der Waals surface area contributed by atoms with E-state index in [0.717, 1.165) is 17.9 Å². The van der Waals surface area contributed by atoms with Gasteiger partial charge in [0.15, 0.2) is 0 Å². The van der Waals surface area contributed by atoms with Gasteiger partial charge in [0.25, 0.3) is 0 Å². The number of hydrogen-bond donors (Lipinski definition) is 1. The van der Waals surface area contributed by atoms with Crippen molar-refractivity contribution in [1.29, 1.82) is 0 Å². The smallest absolute Gasteiger partial charge is 0.134 e. The summed E-state index contributed by atoms with van der Waals surface area (Å²) < 4.78 is 5.92. The number of thioether (sulfide) groups is 1. The number of fused-ring (bicyclic) bond motifs is 1. The Labute approximate surface area is 124 Å². The molecule has 1 aromatic heterocycles. The number of hydrogen-bond acceptors (Lipinski definition) is 4. The van der Waals surface area contributed by atoms with Gasteiger partial charge in [-0.3, -0.25) is 4.90 Å². The fourth-order valence-electron chi connectivity index (χ4n) is 3.22. The van der Waals surface area contributed by atoms with Crippen molar-refractivity contribution in [3.05, 3.63) is 35.6 Å². The Morgan fingerprint density at radius 1 is 1.45 bits per heavy atom. The van der Waals surface area contributed by atoms with Crippen LogP contribution in [0.1, 0.15) is 24.3 Å². The highest BCUT2D eigenvalue weighted by atomic mass is 32.2. The second kappa shape index (κ2) is 5.80. The van der Waals surface area contributed by atoms with E-state index in [-0.39, 0.29) is 6.04 Å². The second-order valence-corrected chi connectivity index (χ2v) is 6.63. The molecular weight excluding hydrogens is 268 g/mol. The molecule has 1 saturated heterocycles. The topological polar surface area (TPSA) is 42.4 Å². The number of nitrogens with zero attached hydrogens (tertiary/aromatic N) is 1. The van der Waals surface area contributed by atoms with Crippen molar-refractivity contribution >= 4 is 22.7 Å². The number of para-hydroxylation sites is 1. The molecule has 4 heteroatoms. The highest BCUT2D eigenvalue weighted by molar-refractivity contribution is 7.99. The van der Waals surface area contributed by atoms with Crippen LogP contribution in [0, 0.1) is 6.92 Å². The Kier molecular flexibility index (Phi) is 4.06. The van der Waals surface area contributed by atoms with E-state index < -0.39 is 0 Å². The van der Waals surface area contributed by atoms with Crippen LogP contribution in [0.2, 0.25) is 0 Å². The molecule has 1 fully saturated rings. The molecule has 2 unspecified atom stereocenters. The van der Waals surface area contributed by atoms with Crippen LogP contribution in [-0.4, -0.2) is 35.5 Å². The van der Waals surface area contributed by atoms with Gasteiger partial charge in [-0.15, -0.1) is 0 Å². The van der Waals surface area contributed by atoms with Crippen LogP contribution in [-0.2, 0) is 0 Å². The van der Waals surface area contributed by atoms with Gasteiger partial charge in [-0.25, -0.2) is 0 Å². The number of benzene rings is 1. The molecule has 2 aromatic rings. The highest BCUT2D eigenvalue weighted by Crippen LogP contribution is 2.35. The second-order valence-electron chi connectivity index (χ2n) is 5.48. The summed E-state index contributed by atoms with van der Waals surface area (Å²) in [6.45, 7) is 6.10. The zero-order valence-corrected chi connectivity index (χ0v) is 13.0. The Morgan fingerprint density at radius 2 is 2.25 bits per heavy atom. The van der Waals surface area contributed by atoms with Crippen LogP contribution in [0.4, 0.5) is 0 Å². The van der Waals surface area contributed by atoms with Crippen LogP contribution in [0.3, 0.4) is 0 Å². The Balaban J connectivity index is 2.04. The van der Waals surface area contributed by atoms with E-state index >= 15 is 0 Å². The molecule has 1 aliphatic heterocycles. The third kappa shape index (κ3) is 2.36. The Morgan fingerprint density at radius 3 is 3.00 bits per heavy atom. The van der Waals surface area contributed by atoms with Gasteiger partial charge in [0.05, 0.1) is 6.04 Å². The van der Waals surface area contributed by atoms with Crippen LogP contribution in [0.15, 0.2) is 28.7 Å². The first-order valence-electron chi connectivity index (χ1n) is 7.24. The van der Waals surface area contributed by atoms with Crippen molar-refractivity contribution in [2.45, 2.75) is 25.9 Å². The molecule has 2 atom stereocenters. The van der Waals surface area contributed by atoms with Gasteiger partial charge >= 0.3 is 0 Å². The molecule has 1 aliphatic rings. The molecule has 20 heavy (non-hydrogen) atoms. The lowest BCUT2D eigenvalue weighted by molar-refractivity contribution is 0.165. The van der Waals surface area contributed by atoms with Crippen molar-refractivity contribution < 1.29 is 4.42 Å². The normalized spacial score (nSPS) is 22.2. The quantitative estimate of drug-likeness (QED) is 0.943. The third-order valence-electron chi connectivity index (χ3n) is 4.20. The van der Waals surface area contributed by atoms with Gasteiger partial charge in [0.1, 0.15) is 11.3 Å². The molecular formula is C16H22N2OS. The number of nitrogens with two attached hydrogens (primary N) is 1. The summed E-state index contributed by atoms with van der Waals surface area (Å²) in [6.07, 6.45) is 0. The molecule has 0 bridgehead atoms. The first-order chi connectivity index (χ1) is 9.72. The van der Waals surface area contributed by atoms with E-state index in [1.54, 1.807) is 0 Å². The van der Waals surface area contributed by atoms with Gasteiger partial charge in [-0.1, -0.05) is 18.2 Å². The highest BCUT2D eigenvalue weighted by Gasteiger charge is 2.30. The van der Waals surface area contributed by atoms with Crippen molar-refractivity contribution in [3.8, 4) is 0 Å². The maximum absolute atomic E-state index is 6.13.